The molecule has 1 aromatic heterocycles. The standard InChI is InChI=1S/C11H10N4S/c1-8-13-14-11(16)15(8)7-10-4-2-9(6-12)3-5-10/h2-5H,7H2,1H3,(H,14,16). The summed E-state index contributed by atoms with van der Waals surface area (Å²) in [6.45, 7) is 2.57. The molecule has 0 radical (unpaired) electrons. The summed E-state index contributed by atoms with van der Waals surface area (Å²) in [4.78, 5) is 0. The summed E-state index contributed by atoms with van der Waals surface area (Å²) in [6, 6.07) is 9.54. The number of nitrogens with one attached hydrogen (secondary N) is 1. The molecule has 2 aromatic rings. The van der Waals surface area contributed by atoms with Gasteiger partial charge in [0.05, 0.1) is 18.2 Å². The molecule has 0 aliphatic heterocycles. The van der Waals surface area contributed by atoms with Crippen molar-refractivity contribution in [1.29, 1.82) is 5.26 Å². The van der Waals surface area contributed by atoms with Gasteiger partial charge in [-0.3, -0.25) is 9.67 Å². The Morgan fingerprint density at radius 1 is 1.44 bits per heavy atom. The maximum Gasteiger partial charge on any atom is 0.195 e. The number of rotatable bonds is 2. The third-order valence-corrected chi connectivity index (χ3v) is 2.68. The normalized spacial score (nSPS) is 10.0. The zero-order valence-electron chi connectivity index (χ0n) is 8.77. The Morgan fingerprint density at radius 3 is 2.62 bits per heavy atom. The van der Waals surface area contributed by atoms with E-state index >= 15 is 0 Å². The highest BCUT2D eigenvalue weighted by Crippen LogP contribution is 2.07. The second kappa shape index (κ2) is 4.29. The molecule has 1 heterocycles. The molecular formula is C11H10N4S. The molecule has 2 rings (SSSR count). The van der Waals surface area contributed by atoms with E-state index in [4.69, 9.17) is 17.5 Å². The quantitative estimate of drug-likeness (QED) is 0.804. The molecule has 0 atom stereocenters. The van der Waals surface area contributed by atoms with Gasteiger partial charge in [0.2, 0.25) is 0 Å². The summed E-state index contributed by atoms with van der Waals surface area (Å²) in [5, 5.41) is 15.5. The van der Waals surface area contributed by atoms with Gasteiger partial charge in [-0.05, 0) is 36.8 Å². The molecule has 0 bridgehead atoms. The van der Waals surface area contributed by atoms with Gasteiger partial charge < -0.3 is 0 Å². The number of nitrogens with zero attached hydrogens (tertiary/aromatic N) is 3. The van der Waals surface area contributed by atoms with Crippen molar-refractivity contribution in [3.8, 4) is 6.07 Å². The summed E-state index contributed by atoms with van der Waals surface area (Å²) < 4.78 is 2.53. The molecule has 1 N–H and O–H groups in total. The van der Waals surface area contributed by atoms with Crippen molar-refractivity contribution in [1.82, 2.24) is 14.8 Å². The second-order valence-corrected chi connectivity index (χ2v) is 3.86. The predicted octanol–water partition coefficient (Wildman–Crippen LogP) is 2.17. The van der Waals surface area contributed by atoms with Crippen molar-refractivity contribution >= 4 is 12.2 Å². The maximum atomic E-state index is 8.69. The van der Waals surface area contributed by atoms with E-state index in [9.17, 15) is 0 Å². The van der Waals surface area contributed by atoms with Crippen LogP contribution in [0.3, 0.4) is 0 Å². The van der Waals surface area contributed by atoms with Crippen LogP contribution in [0.25, 0.3) is 0 Å². The molecule has 5 heteroatoms. The molecule has 80 valence electrons. The maximum absolute atomic E-state index is 8.69. The zero-order valence-corrected chi connectivity index (χ0v) is 9.58. The van der Waals surface area contributed by atoms with Crippen LogP contribution < -0.4 is 0 Å². The van der Waals surface area contributed by atoms with Crippen LogP contribution >= 0.6 is 12.2 Å². The van der Waals surface area contributed by atoms with Gasteiger partial charge in [-0.15, -0.1) is 0 Å². The minimum absolute atomic E-state index is 0.613. The van der Waals surface area contributed by atoms with Crippen LogP contribution in [0.15, 0.2) is 24.3 Å². The number of benzene rings is 1. The first-order chi connectivity index (χ1) is 7.70. The van der Waals surface area contributed by atoms with E-state index in [2.05, 4.69) is 16.3 Å². The molecule has 1 aromatic carbocycles. The molecule has 0 fully saturated rings. The molecule has 0 aliphatic rings. The smallest absolute Gasteiger partial charge is 0.195 e. The van der Waals surface area contributed by atoms with E-state index in [0.29, 0.717) is 16.9 Å². The van der Waals surface area contributed by atoms with Crippen molar-refractivity contribution in [2.45, 2.75) is 13.5 Å². The van der Waals surface area contributed by atoms with Crippen LogP contribution in [0.1, 0.15) is 17.0 Å². The molecule has 0 saturated carbocycles. The number of aryl methyl sites for hydroxylation is 1. The minimum Gasteiger partial charge on any atom is -0.300 e. The zero-order chi connectivity index (χ0) is 11.5. The minimum atomic E-state index is 0.613. The van der Waals surface area contributed by atoms with Crippen molar-refractivity contribution in [2.75, 3.05) is 0 Å². The van der Waals surface area contributed by atoms with E-state index in [1.54, 1.807) is 12.1 Å². The Balaban J connectivity index is 2.28. The van der Waals surface area contributed by atoms with E-state index in [1.165, 1.54) is 0 Å². The third-order valence-electron chi connectivity index (χ3n) is 2.37. The van der Waals surface area contributed by atoms with Gasteiger partial charge in [0.1, 0.15) is 5.82 Å². The van der Waals surface area contributed by atoms with Gasteiger partial charge >= 0.3 is 0 Å². The first-order valence-corrected chi connectivity index (χ1v) is 5.22. The SMILES string of the molecule is Cc1n[nH]c(=S)n1Cc1ccc(C#N)cc1. The number of aromatic nitrogens is 3. The van der Waals surface area contributed by atoms with E-state index in [1.807, 2.05) is 23.6 Å². The van der Waals surface area contributed by atoms with E-state index < -0.39 is 0 Å². The van der Waals surface area contributed by atoms with Crippen molar-refractivity contribution in [2.24, 2.45) is 0 Å². The summed E-state index contributed by atoms with van der Waals surface area (Å²) in [7, 11) is 0. The Bertz CT molecular complexity index is 586. The Hall–Kier alpha value is -1.93. The average Bonchev–Trinajstić information content (AvgIpc) is 2.62. The topological polar surface area (TPSA) is 57.4 Å². The second-order valence-electron chi connectivity index (χ2n) is 3.47. The Labute approximate surface area is 98.2 Å². The van der Waals surface area contributed by atoms with Crippen LogP contribution in [0.2, 0.25) is 0 Å². The molecule has 0 aliphatic carbocycles. The molecule has 4 nitrogen and oxygen atoms in total. The lowest BCUT2D eigenvalue weighted by Gasteiger charge is -2.03. The summed E-state index contributed by atoms with van der Waals surface area (Å²) in [6.07, 6.45) is 0. The number of hydrogen-bond acceptors (Lipinski definition) is 3. The fourth-order valence-corrected chi connectivity index (χ4v) is 1.69. The molecule has 0 amide bonds. The van der Waals surface area contributed by atoms with Crippen LogP contribution in [0.5, 0.6) is 0 Å². The van der Waals surface area contributed by atoms with Crippen molar-refractivity contribution < 1.29 is 0 Å². The van der Waals surface area contributed by atoms with E-state index in [-0.39, 0.29) is 0 Å². The lowest BCUT2D eigenvalue weighted by atomic mass is 10.1. The molecule has 0 spiro atoms. The molecule has 0 saturated heterocycles. The van der Waals surface area contributed by atoms with Gasteiger partial charge in [0, 0.05) is 0 Å². The average molecular weight is 230 g/mol. The van der Waals surface area contributed by atoms with Crippen LogP contribution in [-0.4, -0.2) is 14.8 Å². The summed E-state index contributed by atoms with van der Waals surface area (Å²) in [5.41, 5.74) is 1.76. The molecular weight excluding hydrogens is 220 g/mol. The van der Waals surface area contributed by atoms with E-state index in [0.717, 1.165) is 11.4 Å². The highest BCUT2D eigenvalue weighted by Gasteiger charge is 2.01. The fourth-order valence-electron chi connectivity index (χ4n) is 1.45. The predicted molar refractivity (Wildman–Crippen MR) is 62.4 cm³/mol. The van der Waals surface area contributed by atoms with Gasteiger partial charge in [0.25, 0.3) is 0 Å². The fraction of sp³-hybridized carbons (Fsp3) is 0.182. The van der Waals surface area contributed by atoms with Crippen molar-refractivity contribution in [3.63, 3.8) is 0 Å². The Morgan fingerprint density at radius 2 is 2.12 bits per heavy atom. The number of H-pyrrole nitrogens is 1. The van der Waals surface area contributed by atoms with Crippen LogP contribution in [0, 0.1) is 23.0 Å². The third kappa shape index (κ3) is 2.02. The monoisotopic (exact) mass is 230 g/mol. The first-order valence-electron chi connectivity index (χ1n) is 4.81. The molecule has 16 heavy (non-hydrogen) atoms. The number of aromatic amines is 1. The van der Waals surface area contributed by atoms with Crippen LogP contribution in [-0.2, 0) is 6.54 Å². The van der Waals surface area contributed by atoms with Gasteiger partial charge in [-0.2, -0.15) is 10.4 Å². The lowest BCUT2D eigenvalue weighted by Crippen LogP contribution is -2.02. The Kier molecular flexibility index (Phi) is 2.84. The summed E-state index contributed by atoms with van der Waals surface area (Å²) >= 11 is 5.11. The highest BCUT2D eigenvalue weighted by atomic mass is 32.1. The highest BCUT2D eigenvalue weighted by molar-refractivity contribution is 7.71. The summed E-state index contributed by atoms with van der Waals surface area (Å²) in [5.74, 6) is 0.856. The van der Waals surface area contributed by atoms with Gasteiger partial charge in [0.15, 0.2) is 4.77 Å². The first kappa shape index (κ1) is 10.6. The molecule has 0 unspecified atom stereocenters. The van der Waals surface area contributed by atoms with Gasteiger partial charge in [-0.1, -0.05) is 12.1 Å². The number of nitriles is 1. The van der Waals surface area contributed by atoms with Gasteiger partial charge in [-0.25, -0.2) is 0 Å². The van der Waals surface area contributed by atoms with Crippen LogP contribution in [0.4, 0.5) is 0 Å². The number of hydrogen-bond donors (Lipinski definition) is 1. The van der Waals surface area contributed by atoms with Crippen molar-refractivity contribution in [3.05, 3.63) is 46.0 Å². The lowest BCUT2D eigenvalue weighted by molar-refractivity contribution is 0.751. The largest absolute Gasteiger partial charge is 0.300 e.